The number of nitrogens with zero attached hydrogens (tertiary/aromatic N) is 1. The van der Waals surface area contributed by atoms with Gasteiger partial charge >= 0.3 is 0 Å². The van der Waals surface area contributed by atoms with E-state index in [1.165, 1.54) is 9.13 Å². The van der Waals surface area contributed by atoms with E-state index < -0.39 is 0 Å². The fourth-order valence-corrected chi connectivity index (χ4v) is 2.46. The molecule has 1 fully saturated rings. The second-order valence-corrected chi connectivity index (χ2v) is 6.19. The molecule has 0 atom stereocenters. The van der Waals surface area contributed by atoms with Crippen molar-refractivity contribution < 1.29 is 4.74 Å². The number of rotatable bonds is 2. The van der Waals surface area contributed by atoms with Gasteiger partial charge in [0.15, 0.2) is 0 Å². The van der Waals surface area contributed by atoms with Crippen molar-refractivity contribution in [1.82, 2.24) is 4.90 Å². The normalized spacial score (nSPS) is 20.9. The Balaban J connectivity index is 1.97. The maximum absolute atomic E-state index is 5.71. The van der Waals surface area contributed by atoms with Gasteiger partial charge in [0, 0.05) is 23.2 Å². The third-order valence-corrected chi connectivity index (χ3v) is 3.54. The molecule has 16 heavy (non-hydrogen) atoms. The highest BCUT2D eigenvalue weighted by molar-refractivity contribution is 14.1. The Hall–Kier alpha value is -0.130. The van der Waals surface area contributed by atoms with E-state index in [4.69, 9.17) is 4.74 Å². The van der Waals surface area contributed by atoms with Crippen molar-refractivity contribution in [1.29, 1.82) is 0 Å². The van der Waals surface area contributed by atoms with Gasteiger partial charge in [0.05, 0.1) is 12.2 Å². The summed E-state index contributed by atoms with van der Waals surface area (Å²) in [6.45, 7) is 8.25. The van der Waals surface area contributed by atoms with E-state index in [-0.39, 0.29) is 5.60 Å². The number of hydrogen-bond acceptors (Lipinski definition) is 2. The predicted octanol–water partition coefficient (Wildman–Crippen LogP) is 2.90. The Labute approximate surface area is 111 Å². The number of morpholine rings is 1. The van der Waals surface area contributed by atoms with E-state index in [2.05, 4.69) is 65.6 Å². The minimum Gasteiger partial charge on any atom is -0.373 e. The Morgan fingerprint density at radius 1 is 1.31 bits per heavy atom. The highest BCUT2D eigenvalue weighted by Gasteiger charge is 2.26. The van der Waals surface area contributed by atoms with Crippen LogP contribution in [-0.4, -0.2) is 30.2 Å². The Bertz CT molecular complexity index is 347. The lowest BCUT2D eigenvalue weighted by Crippen LogP contribution is -2.47. The summed E-state index contributed by atoms with van der Waals surface area (Å²) in [5, 5.41) is 0. The van der Waals surface area contributed by atoms with Gasteiger partial charge in [-0.1, -0.05) is 12.1 Å². The molecule has 2 nitrogen and oxygen atoms in total. The Morgan fingerprint density at radius 3 is 2.62 bits per heavy atom. The van der Waals surface area contributed by atoms with Gasteiger partial charge in [0.1, 0.15) is 0 Å². The van der Waals surface area contributed by atoms with Crippen molar-refractivity contribution in [2.45, 2.75) is 26.0 Å². The highest BCUT2D eigenvalue weighted by atomic mass is 127. The summed E-state index contributed by atoms with van der Waals surface area (Å²) in [6, 6.07) is 8.76. The molecule has 1 aliphatic rings. The number of benzene rings is 1. The van der Waals surface area contributed by atoms with Crippen LogP contribution in [0, 0.1) is 3.57 Å². The molecule has 1 aromatic rings. The van der Waals surface area contributed by atoms with Gasteiger partial charge in [-0.3, -0.25) is 4.90 Å². The summed E-state index contributed by atoms with van der Waals surface area (Å²) in [5.41, 5.74) is 1.39. The van der Waals surface area contributed by atoms with Crippen LogP contribution in [0.2, 0.25) is 0 Å². The van der Waals surface area contributed by atoms with Gasteiger partial charge < -0.3 is 4.74 Å². The summed E-state index contributed by atoms with van der Waals surface area (Å²) >= 11 is 2.34. The van der Waals surface area contributed by atoms with Crippen LogP contribution in [0.15, 0.2) is 24.3 Å². The standard InChI is InChI=1S/C13H18INO/c1-13(2)10-15(7-8-16-13)9-11-3-5-12(14)6-4-11/h3-6H,7-10H2,1-2H3. The van der Waals surface area contributed by atoms with Gasteiger partial charge in [-0.2, -0.15) is 0 Å². The molecule has 2 rings (SSSR count). The summed E-state index contributed by atoms with van der Waals surface area (Å²) in [5.74, 6) is 0. The average Bonchev–Trinajstić information content (AvgIpc) is 2.20. The first-order chi connectivity index (χ1) is 7.55. The molecule has 0 unspecified atom stereocenters. The number of hydrogen-bond donors (Lipinski definition) is 0. The van der Waals surface area contributed by atoms with Crippen LogP contribution in [0.25, 0.3) is 0 Å². The highest BCUT2D eigenvalue weighted by Crippen LogP contribution is 2.18. The van der Waals surface area contributed by atoms with Crippen molar-refractivity contribution in [3.05, 3.63) is 33.4 Å². The molecule has 0 radical (unpaired) electrons. The second-order valence-electron chi connectivity index (χ2n) is 4.95. The molecule has 1 aromatic carbocycles. The van der Waals surface area contributed by atoms with E-state index in [9.17, 15) is 0 Å². The molecule has 1 aliphatic heterocycles. The first kappa shape index (κ1) is 12.3. The summed E-state index contributed by atoms with van der Waals surface area (Å²) in [7, 11) is 0. The van der Waals surface area contributed by atoms with E-state index in [1.54, 1.807) is 0 Å². The molecule has 88 valence electrons. The zero-order valence-electron chi connectivity index (χ0n) is 9.87. The van der Waals surface area contributed by atoms with Crippen LogP contribution in [0.3, 0.4) is 0 Å². The molecule has 0 aromatic heterocycles. The zero-order valence-corrected chi connectivity index (χ0v) is 12.0. The largest absolute Gasteiger partial charge is 0.373 e. The monoisotopic (exact) mass is 331 g/mol. The minimum atomic E-state index is 0.00144. The quantitative estimate of drug-likeness (QED) is 0.773. The molecule has 0 bridgehead atoms. The van der Waals surface area contributed by atoms with Crippen molar-refractivity contribution >= 4 is 22.6 Å². The average molecular weight is 331 g/mol. The fourth-order valence-electron chi connectivity index (χ4n) is 2.10. The molecular formula is C13H18INO. The second kappa shape index (κ2) is 5.02. The van der Waals surface area contributed by atoms with Gasteiger partial charge in [-0.05, 0) is 54.1 Å². The van der Waals surface area contributed by atoms with E-state index in [0.717, 1.165) is 26.2 Å². The maximum atomic E-state index is 5.71. The van der Waals surface area contributed by atoms with E-state index in [0.29, 0.717) is 0 Å². The lowest BCUT2D eigenvalue weighted by atomic mass is 10.1. The van der Waals surface area contributed by atoms with Crippen LogP contribution in [-0.2, 0) is 11.3 Å². The molecule has 1 saturated heterocycles. The van der Waals surface area contributed by atoms with Crippen LogP contribution in [0.4, 0.5) is 0 Å². The molecule has 0 saturated carbocycles. The number of halogens is 1. The summed E-state index contributed by atoms with van der Waals surface area (Å²) in [4.78, 5) is 2.46. The zero-order chi connectivity index (χ0) is 11.6. The molecule has 0 spiro atoms. The van der Waals surface area contributed by atoms with Crippen molar-refractivity contribution in [3.8, 4) is 0 Å². The smallest absolute Gasteiger partial charge is 0.0753 e. The topological polar surface area (TPSA) is 12.5 Å². The van der Waals surface area contributed by atoms with Crippen molar-refractivity contribution in [2.75, 3.05) is 19.7 Å². The Morgan fingerprint density at radius 2 is 2.00 bits per heavy atom. The first-order valence-corrected chi connectivity index (χ1v) is 6.74. The maximum Gasteiger partial charge on any atom is 0.0753 e. The molecule has 3 heteroatoms. The van der Waals surface area contributed by atoms with Gasteiger partial charge in [-0.15, -0.1) is 0 Å². The fraction of sp³-hybridized carbons (Fsp3) is 0.538. The Kier molecular flexibility index (Phi) is 3.87. The molecule has 0 amide bonds. The lowest BCUT2D eigenvalue weighted by molar-refractivity contribution is -0.0882. The van der Waals surface area contributed by atoms with Crippen molar-refractivity contribution in [3.63, 3.8) is 0 Å². The van der Waals surface area contributed by atoms with Crippen LogP contribution in [0.1, 0.15) is 19.4 Å². The minimum absolute atomic E-state index is 0.00144. The molecule has 0 N–H and O–H groups in total. The van der Waals surface area contributed by atoms with Crippen molar-refractivity contribution in [2.24, 2.45) is 0 Å². The summed E-state index contributed by atoms with van der Waals surface area (Å²) in [6.07, 6.45) is 0. The van der Waals surface area contributed by atoms with Crippen LogP contribution < -0.4 is 0 Å². The third kappa shape index (κ3) is 3.43. The van der Waals surface area contributed by atoms with Crippen LogP contribution >= 0.6 is 22.6 Å². The van der Waals surface area contributed by atoms with E-state index in [1.807, 2.05) is 0 Å². The molecular weight excluding hydrogens is 313 g/mol. The molecule has 0 aliphatic carbocycles. The van der Waals surface area contributed by atoms with E-state index >= 15 is 0 Å². The predicted molar refractivity (Wildman–Crippen MR) is 74.5 cm³/mol. The number of ether oxygens (including phenoxy) is 1. The lowest BCUT2D eigenvalue weighted by Gasteiger charge is -2.38. The first-order valence-electron chi connectivity index (χ1n) is 5.66. The summed E-state index contributed by atoms with van der Waals surface area (Å²) < 4.78 is 7.00. The third-order valence-electron chi connectivity index (χ3n) is 2.82. The van der Waals surface area contributed by atoms with Gasteiger partial charge in [-0.25, -0.2) is 0 Å². The molecule has 1 heterocycles. The SMILES string of the molecule is CC1(C)CN(Cc2ccc(I)cc2)CCO1. The van der Waals surface area contributed by atoms with Gasteiger partial charge in [0.2, 0.25) is 0 Å². The van der Waals surface area contributed by atoms with Crippen LogP contribution in [0.5, 0.6) is 0 Å². The van der Waals surface area contributed by atoms with Gasteiger partial charge in [0.25, 0.3) is 0 Å².